The molecule has 0 bridgehead atoms. The van der Waals surface area contributed by atoms with Gasteiger partial charge in [-0.3, -0.25) is 0 Å². The van der Waals surface area contributed by atoms with Crippen LogP contribution in [0, 0.1) is 5.92 Å². The van der Waals surface area contributed by atoms with Gasteiger partial charge in [0, 0.05) is 19.1 Å². The van der Waals surface area contributed by atoms with Crippen LogP contribution in [0.2, 0.25) is 10.0 Å². The van der Waals surface area contributed by atoms with Crippen molar-refractivity contribution in [1.29, 1.82) is 0 Å². The third kappa shape index (κ3) is 2.90. The van der Waals surface area contributed by atoms with Gasteiger partial charge in [0.05, 0.1) is 10.0 Å². The number of hydrogen-bond acceptors (Lipinski definition) is 3. The summed E-state index contributed by atoms with van der Waals surface area (Å²) in [7, 11) is -3.63. The zero-order valence-corrected chi connectivity index (χ0v) is 12.8. The van der Waals surface area contributed by atoms with Gasteiger partial charge in [-0.05, 0) is 24.5 Å². The van der Waals surface area contributed by atoms with Gasteiger partial charge in [0.1, 0.15) is 4.90 Å². The van der Waals surface area contributed by atoms with Crippen LogP contribution < -0.4 is 5.73 Å². The Bertz CT molecular complexity index is 577. The van der Waals surface area contributed by atoms with E-state index in [-0.39, 0.29) is 21.0 Å². The lowest BCUT2D eigenvalue weighted by Gasteiger charge is -2.34. The van der Waals surface area contributed by atoms with E-state index in [1.807, 2.05) is 6.92 Å². The molecule has 0 aliphatic carbocycles. The van der Waals surface area contributed by atoms with Crippen LogP contribution in [0.3, 0.4) is 0 Å². The molecule has 1 aromatic rings. The summed E-state index contributed by atoms with van der Waals surface area (Å²) < 4.78 is 26.5. The first kappa shape index (κ1) is 15.1. The first-order chi connectivity index (χ1) is 8.84. The van der Waals surface area contributed by atoms with Gasteiger partial charge < -0.3 is 5.73 Å². The van der Waals surface area contributed by atoms with Crippen molar-refractivity contribution in [1.82, 2.24) is 4.31 Å². The van der Waals surface area contributed by atoms with Crippen molar-refractivity contribution >= 4 is 33.2 Å². The number of sulfonamides is 1. The zero-order chi connectivity index (χ0) is 14.2. The summed E-state index contributed by atoms with van der Waals surface area (Å²) >= 11 is 11.9. The van der Waals surface area contributed by atoms with E-state index in [0.717, 1.165) is 6.42 Å². The molecule has 0 aromatic heterocycles. The fourth-order valence-corrected chi connectivity index (χ4v) is 4.34. The Balaban J connectivity index is 2.35. The minimum absolute atomic E-state index is 0.0448. The van der Waals surface area contributed by atoms with E-state index < -0.39 is 10.0 Å². The number of piperidine rings is 1. The summed E-state index contributed by atoms with van der Waals surface area (Å²) in [6, 6.07) is 4.45. The largest absolute Gasteiger partial charge is 0.326 e. The first-order valence-electron chi connectivity index (χ1n) is 6.03. The number of nitrogens with zero attached hydrogens (tertiary/aromatic N) is 1. The molecule has 1 aliphatic rings. The molecule has 7 heteroatoms. The lowest BCUT2D eigenvalue weighted by Crippen LogP contribution is -2.49. The summed E-state index contributed by atoms with van der Waals surface area (Å²) in [6.07, 6.45) is 0.749. The van der Waals surface area contributed by atoms with Gasteiger partial charge in [-0.2, -0.15) is 4.31 Å². The Morgan fingerprint density at radius 3 is 2.68 bits per heavy atom. The highest BCUT2D eigenvalue weighted by Crippen LogP contribution is 2.32. The Labute approximate surface area is 123 Å². The van der Waals surface area contributed by atoms with Gasteiger partial charge in [-0.1, -0.05) is 36.2 Å². The minimum Gasteiger partial charge on any atom is -0.326 e. The average molecular weight is 323 g/mol. The maximum atomic E-state index is 12.5. The molecule has 1 aromatic carbocycles. The molecule has 1 fully saturated rings. The summed E-state index contributed by atoms with van der Waals surface area (Å²) in [4.78, 5) is 0.0448. The van der Waals surface area contributed by atoms with Crippen LogP contribution in [0.25, 0.3) is 0 Å². The molecule has 1 aliphatic heterocycles. The topological polar surface area (TPSA) is 63.4 Å². The predicted molar refractivity (Wildman–Crippen MR) is 77.0 cm³/mol. The van der Waals surface area contributed by atoms with Gasteiger partial charge in [0.25, 0.3) is 0 Å². The maximum Gasteiger partial charge on any atom is 0.244 e. The van der Waals surface area contributed by atoms with Crippen molar-refractivity contribution < 1.29 is 8.42 Å². The molecule has 106 valence electrons. The number of rotatable bonds is 2. The smallest absolute Gasteiger partial charge is 0.244 e. The standard InChI is InChI=1S/C12H16Cl2N2O2S/c1-8-5-6-16(7-10(8)15)19(17,18)11-4-2-3-9(13)12(11)14/h2-4,8,10H,5-7,15H2,1H3. The normalized spacial score (nSPS) is 25.5. The third-order valence-electron chi connectivity index (χ3n) is 3.51. The summed E-state index contributed by atoms with van der Waals surface area (Å²) in [5.74, 6) is 0.321. The van der Waals surface area contributed by atoms with Gasteiger partial charge in [-0.25, -0.2) is 8.42 Å². The van der Waals surface area contributed by atoms with E-state index in [2.05, 4.69) is 0 Å². The van der Waals surface area contributed by atoms with Crippen LogP contribution in [-0.4, -0.2) is 31.9 Å². The molecular formula is C12H16Cl2N2O2S. The highest BCUT2D eigenvalue weighted by Gasteiger charge is 2.33. The lowest BCUT2D eigenvalue weighted by atomic mass is 9.96. The van der Waals surface area contributed by atoms with Crippen molar-refractivity contribution in [3.63, 3.8) is 0 Å². The van der Waals surface area contributed by atoms with Crippen LogP contribution in [0.5, 0.6) is 0 Å². The van der Waals surface area contributed by atoms with Crippen molar-refractivity contribution in [2.24, 2.45) is 11.7 Å². The summed E-state index contributed by atoms with van der Waals surface area (Å²) in [5, 5.41) is 0.300. The second-order valence-electron chi connectivity index (χ2n) is 4.84. The van der Waals surface area contributed by atoms with Crippen LogP contribution in [0.15, 0.2) is 23.1 Å². The van der Waals surface area contributed by atoms with Crippen molar-refractivity contribution in [2.45, 2.75) is 24.3 Å². The monoisotopic (exact) mass is 322 g/mol. The molecule has 19 heavy (non-hydrogen) atoms. The van der Waals surface area contributed by atoms with Crippen molar-refractivity contribution in [3.8, 4) is 0 Å². The van der Waals surface area contributed by atoms with Gasteiger partial charge in [0.2, 0.25) is 10.0 Å². The highest BCUT2D eigenvalue weighted by atomic mass is 35.5. The SMILES string of the molecule is CC1CCN(S(=O)(=O)c2cccc(Cl)c2Cl)CC1N. The van der Waals surface area contributed by atoms with E-state index in [1.54, 1.807) is 12.1 Å². The Hall–Kier alpha value is -0.330. The molecule has 1 saturated heterocycles. The number of nitrogens with two attached hydrogens (primary N) is 1. The molecule has 2 atom stereocenters. The molecule has 0 spiro atoms. The molecule has 0 radical (unpaired) electrons. The van der Waals surface area contributed by atoms with Crippen LogP contribution in [0.4, 0.5) is 0 Å². The Kier molecular flexibility index (Phi) is 4.42. The fraction of sp³-hybridized carbons (Fsp3) is 0.500. The van der Waals surface area contributed by atoms with E-state index in [9.17, 15) is 8.42 Å². The van der Waals surface area contributed by atoms with Gasteiger partial charge in [-0.15, -0.1) is 0 Å². The molecule has 2 unspecified atom stereocenters. The Morgan fingerprint density at radius 1 is 1.37 bits per heavy atom. The van der Waals surface area contributed by atoms with Crippen molar-refractivity contribution in [2.75, 3.05) is 13.1 Å². The number of benzene rings is 1. The van der Waals surface area contributed by atoms with E-state index >= 15 is 0 Å². The highest BCUT2D eigenvalue weighted by molar-refractivity contribution is 7.89. The van der Waals surface area contributed by atoms with E-state index in [4.69, 9.17) is 28.9 Å². The molecular weight excluding hydrogens is 307 g/mol. The van der Waals surface area contributed by atoms with Crippen LogP contribution in [-0.2, 0) is 10.0 Å². The van der Waals surface area contributed by atoms with E-state index in [1.165, 1.54) is 10.4 Å². The molecule has 2 rings (SSSR count). The third-order valence-corrected chi connectivity index (χ3v) is 6.35. The first-order valence-corrected chi connectivity index (χ1v) is 8.23. The molecule has 0 amide bonds. The fourth-order valence-electron chi connectivity index (χ4n) is 2.11. The van der Waals surface area contributed by atoms with Gasteiger partial charge >= 0.3 is 0 Å². The van der Waals surface area contributed by atoms with Crippen molar-refractivity contribution in [3.05, 3.63) is 28.2 Å². The summed E-state index contributed by atoms with van der Waals surface area (Å²) in [5.41, 5.74) is 5.95. The zero-order valence-electron chi connectivity index (χ0n) is 10.5. The average Bonchev–Trinajstić information content (AvgIpc) is 2.35. The van der Waals surface area contributed by atoms with Crippen LogP contribution >= 0.6 is 23.2 Å². The second kappa shape index (κ2) is 5.58. The molecule has 4 nitrogen and oxygen atoms in total. The predicted octanol–water partition coefficient (Wildman–Crippen LogP) is 2.35. The minimum atomic E-state index is -3.63. The summed E-state index contributed by atoms with van der Waals surface area (Å²) in [6.45, 7) is 2.80. The molecule has 1 heterocycles. The van der Waals surface area contributed by atoms with Crippen LogP contribution in [0.1, 0.15) is 13.3 Å². The second-order valence-corrected chi connectivity index (χ2v) is 7.54. The maximum absolute atomic E-state index is 12.5. The molecule has 0 saturated carbocycles. The van der Waals surface area contributed by atoms with E-state index in [0.29, 0.717) is 19.0 Å². The molecule has 2 N–H and O–H groups in total. The number of halogens is 2. The Morgan fingerprint density at radius 2 is 2.05 bits per heavy atom. The van der Waals surface area contributed by atoms with Gasteiger partial charge in [0.15, 0.2) is 0 Å². The lowest BCUT2D eigenvalue weighted by molar-refractivity contribution is 0.253. The quantitative estimate of drug-likeness (QED) is 0.909. The number of hydrogen-bond donors (Lipinski definition) is 1.